The summed E-state index contributed by atoms with van der Waals surface area (Å²) in [5.41, 5.74) is 1.81. The fraction of sp³-hybridized carbons (Fsp3) is 0.353. The van der Waals surface area contributed by atoms with Gasteiger partial charge in [0.1, 0.15) is 0 Å². The molecule has 3 rings (SSSR count). The fourth-order valence-corrected chi connectivity index (χ4v) is 2.89. The Balaban J connectivity index is 1.86. The van der Waals surface area contributed by atoms with Crippen LogP contribution in [0.1, 0.15) is 36.5 Å². The quantitative estimate of drug-likeness (QED) is 0.904. The Hall–Kier alpha value is -1.87. The summed E-state index contributed by atoms with van der Waals surface area (Å²) in [7, 11) is 0. The minimum absolute atomic E-state index is 0.0859. The van der Waals surface area contributed by atoms with Crippen molar-refractivity contribution in [1.29, 1.82) is 0 Å². The van der Waals surface area contributed by atoms with Crippen LogP contribution in [0, 0.1) is 0 Å². The fourth-order valence-electron chi connectivity index (χ4n) is 2.89. The smallest absolute Gasteiger partial charge is 0.258 e. The summed E-state index contributed by atoms with van der Waals surface area (Å²) >= 11 is 0. The van der Waals surface area contributed by atoms with Gasteiger partial charge in [0.25, 0.3) is 5.91 Å². The van der Waals surface area contributed by atoms with Gasteiger partial charge in [0.2, 0.25) is 0 Å². The van der Waals surface area contributed by atoms with Crippen LogP contribution in [-0.4, -0.2) is 23.7 Å². The monoisotopic (exact) mass is 269 g/mol. The van der Waals surface area contributed by atoms with Gasteiger partial charge in [-0.15, -0.1) is 0 Å². The molecule has 1 heterocycles. The molecule has 104 valence electrons. The van der Waals surface area contributed by atoms with E-state index in [4.69, 9.17) is 0 Å². The van der Waals surface area contributed by atoms with Crippen LogP contribution in [0.4, 0.5) is 5.69 Å². The van der Waals surface area contributed by atoms with Crippen molar-refractivity contribution in [3.8, 4) is 0 Å². The van der Waals surface area contributed by atoms with Gasteiger partial charge >= 0.3 is 0 Å². The van der Waals surface area contributed by atoms with Gasteiger partial charge in [-0.25, -0.2) is 0 Å². The topological polar surface area (TPSA) is 40.5 Å². The molecule has 1 amide bonds. The Kier molecular flexibility index (Phi) is 3.45. The molecule has 0 aliphatic carbocycles. The summed E-state index contributed by atoms with van der Waals surface area (Å²) in [5, 5.41) is 11.8. The van der Waals surface area contributed by atoms with Crippen LogP contribution >= 0.6 is 0 Å². The van der Waals surface area contributed by atoms with Crippen LogP contribution in [0.25, 0.3) is 10.8 Å². The number of aliphatic hydroxyl groups is 1. The van der Waals surface area contributed by atoms with E-state index in [-0.39, 0.29) is 12.0 Å². The van der Waals surface area contributed by atoms with Crippen molar-refractivity contribution in [2.24, 2.45) is 0 Å². The zero-order valence-corrected chi connectivity index (χ0v) is 11.7. The molecule has 3 nitrogen and oxygen atoms in total. The van der Waals surface area contributed by atoms with Crippen molar-refractivity contribution in [3.05, 3.63) is 42.0 Å². The standard InChI is InChI=1S/C17H19NO2/c1-2-13(19)8-5-11-18-15-10-4-7-12-6-3-9-14(16(12)15)17(18)20/h3-4,6-7,9-10,13,19H,2,5,8,11H2,1H3. The van der Waals surface area contributed by atoms with Gasteiger partial charge in [-0.2, -0.15) is 0 Å². The molecule has 0 spiro atoms. The first-order chi connectivity index (χ1) is 9.72. The Bertz CT molecular complexity index is 645. The Morgan fingerprint density at radius 1 is 1.20 bits per heavy atom. The third kappa shape index (κ3) is 2.08. The van der Waals surface area contributed by atoms with Gasteiger partial charge in [0.15, 0.2) is 0 Å². The molecule has 2 aromatic rings. The molecule has 2 aromatic carbocycles. The molecular formula is C17H19NO2. The molecule has 0 saturated carbocycles. The van der Waals surface area contributed by atoms with Crippen molar-refractivity contribution in [1.82, 2.24) is 0 Å². The number of rotatable bonds is 5. The largest absolute Gasteiger partial charge is 0.393 e. The average Bonchev–Trinajstić information content (AvgIpc) is 2.75. The predicted molar refractivity (Wildman–Crippen MR) is 81.2 cm³/mol. The second kappa shape index (κ2) is 5.25. The van der Waals surface area contributed by atoms with E-state index >= 15 is 0 Å². The molecule has 0 radical (unpaired) electrons. The van der Waals surface area contributed by atoms with Crippen LogP contribution in [0.2, 0.25) is 0 Å². The van der Waals surface area contributed by atoms with Crippen molar-refractivity contribution in [3.63, 3.8) is 0 Å². The number of carbonyl (C=O) groups is 1. The summed E-state index contributed by atoms with van der Waals surface area (Å²) in [4.78, 5) is 14.3. The van der Waals surface area contributed by atoms with Gasteiger partial charge in [0, 0.05) is 17.5 Å². The number of anilines is 1. The van der Waals surface area contributed by atoms with Crippen LogP contribution in [0.5, 0.6) is 0 Å². The minimum atomic E-state index is -0.258. The van der Waals surface area contributed by atoms with Gasteiger partial charge in [-0.1, -0.05) is 31.2 Å². The van der Waals surface area contributed by atoms with Crippen LogP contribution in [0.3, 0.4) is 0 Å². The van der Waals surface area contributed by atoms with Crippen LogP contribution in [0.15, 0.2) is 36.4 Å². The third-order valence-electron chi connectivity index (χ3n) is 4.04. The maximum absolute atomic E-state index is 12.5. The van der Waals surface area contributed by atoms with E-state index in [9.17, 15) is 9.90 Å². The Morgan fingerprint density at radius 3 is 2.70 bits per heavy atom. The van der Waals surface area contributed by atoms with Gasteiger partial charge < -0.3 is 10.0 Å². The Morgan fingerprint density at radius 2 is 1.95 bits per heavy atom. The summed E-state index contributed by atoms with van der Waals surface area (Å²) in [6.07, 6.45) is 2.08. The second-order valence-electron chi connectivity index (χ2n) is 5.34. The van der Waals surface area contributed by atoms with Crippen molar-refractivity contribution < 1.29 is 9.90 Å². The first kappa shape index (κ1) is 13.1. The SMILES string of the molecule is CCC(O)CCCN1C(=O)c2cccc3cccc1c23. The lowest BCUT2D eigenvalue weighted by Crippen LogP contribution is -2.28. The predicted octanol–water partition coefficient (Wildman–Crippen LogP) is 3.35. The summed E-state index contributed by atoms with van der Waals surface area (Å²) in [5.74, 6) is 0.0859. The van der Waals surface area contributed by atoms with E-state index in [1.54, 1.807) is 0 Å². The molecule has 1 unspecified atom stereocenters. The van der Waals surface area contributed by atoms with Gasteiger partial charge in [-0.05, 0) is 36.8 Å². The highest BCUT2D eigenvalue weighted by atomic mass is 16.3. The van der Waals surface area contributed by atoms with E-state index < -0.39 is 0 Å². The van der Waals surface area contributed by atoms with E-state index in [1.165, 1.54) is 0 Å². The number of aliphatic hydroxyl groups excluding tert-OH is 1. The highest BCUT2D eigenvalue weighted by Crippen LogP contribution is 2.37. The average molecular weight is 269 g/mol. The number of nitrogens with zero attached hydrogens (tertiary/aromatic N) is 1. The molecule has 20 heavy (non-hydrogen) atoms. The van der Waals surface area contributed by atoms with E-state index in [1.807, 2.05) is 48.2 Å². The molecule has 0 aromatic heterocycles. The molecule has 1 N–H and O–H groups in total. The molecule has 1 atom stereocenters. The summed E-state index contributed by atoms with van der Waals surface area (Å²) in [6, 6.07) is 11.9. The maximum Gasteiger partial charge on any atom is 0.258 e. The number of amides is 1. The van der Waals surface area contributed by atoms with E-state index in [2.05, 4.69) is 0 Å². The number of carbonyl (C=O) groups excluding carboxylic acids is 1. The van der Waals surface area contributed by atoms with E-state index in [0.29, 0.717) is 6.54 Å². The number of hydrogen-bond acceptors (Lipinski definition) is 2. The highest BCUT2D eigenvalue weighted by molar-refractivity contribution is 6.24. The lowest BCUT2D eigenvalue weighted by molar-refractivity contribution is 0.0989. The highest BCUT2D eigenvalue weighted by Gasteiger charge is 2.28. The first-order valence-corrected chi connectivity index (χ1v) is 7.24. The Labute approximate surface area is 118 Å². The molecule has 3 heteroatoms. The molecule has 0 fully saturated rings. The summed E-state index contributed by atoms with van der Waals surface area (Å²) in [6.45, 7) is 2.64. The van der Waals surface area contributed by atoms with Crippen molar-refractivity contribution in [2.75, 3.05) is 11.4 Å². The van der Waals surface area contributed by atoms with Gasteiger partial charge in [-0.3, -0.25) is 4.79 Å². The lowest BCUT2D eigenvalue weighted by Gasteiger charge is -2.18. The first-order valence-electron chi connectivity index (χ1n) is 7.24. The molecule has 1 aliphatic heterocycles. The zero-order valence-electron chi connectivity index (χ0n) is 11.7. The van der Waals surface area contributed by atoms with Crippen LogP contribution < -0.4 is 4.90 Å². The van der Waals surface area contributed by atoms with Gasteiger partial charge in [0.05, 0.1) is 11.8 Å². The molecule has 0 saturated heterocycles. The maximum atomic E-state index is 12.5. The zero-order chi connectivity index (χ0) is 14.1. The minimum Gasteiger partial charge on any atom is -0.393 e. The molecule has 1 aliphatic rings. The third-order valence-corrected chi connectivity index (χ3v) is 4.04. The second-order valence-corrected chi connectivity index (χ2v) is 5.34. The number of hydrogen-bond donors (Lipinski definition) is 1. The normalized spacial score (nSPS) is 15.1. The van der Waals surface area contributed by atoms with Crippen molar-refractivity contribution >= 4 is 22.4 Å². The lowest BCUT2D eigenvalue weighted by atomic mass is 10.1. The summed E-state index contributed by atoms with van der Waals surface area (Å²) < 4.78 is 0. The van der Waals surface area contributed by atoms with Crippen LogP contribution in [-0.2, 0) is 0 Å². The van der Waals surface area contributed by atoms with Crippen molar-refractivity contribution in [2.45, 2.75) is 32.3 Å². The molecular weight excluding hydrogens is 250 g/mol. The molecule has 0 bridgehead atoms. The van der Waals surface area contributed by atoms with E-state index in [0.717, 1.165) is 41.3 Å². The number of benzene rings is 2.